The molecular weight excluding hydrogens is 549 g/mol. The van der Waals surface area contributed by atoms with Gasteiger partial charge in [0.05, 0.1) is 29.1 Å². The van der Waals surface area contributed by atoms with Crippen LogP contribution in [0.1, 0.15) is 27.9 Å². The van der Waals surface area contributed by atoms with Crippen LogP contribution in [-0.4, -0.2) is 65.0 Å². The molecule has 2 aromatic carbocycles. The first kappa shape index (κ1) is 30.2. The summed E-state index contributed by atoms with van der Waals surface area (Å²) in [6, 6.07) is 9.69. The second-order valence-corrected chi connectivity index (χ2v) is 9.65. The Morgan fingerprint density at radius 2 is 1.81 bits per heavy atom. The summed E-state index contributed by atoms with van der Waals surface area (Å²) in [5.74, 6) is 0.600. The number of hydrogen-bond donors (Lipinski definition) is 3. The molecule has 0 bridgehead atoms. The monoisotopic (exact) mass is 580 g/mol. The largest absolute Gasteiger partial charge is 0.491 e. The molecule has 13 heteroatoms. The number of carbonyl (C=O) groups is 1. The fraction of sp³-hybridized carbons (Fsp3) is 0.276. The highest BCUT2D eigenvalue weighted by Gasteiger charge is 2.31. The van der Waals surface area contributed by atoms with Gasteiger partial charge in [0.25, 0.3) is 5.91 Å². The van der Waals surface area contributed by atoms with E-state index < -0.39 is 17.6 Å². The molecule has 10 nitrogen and oxygen atoms in total. The molecule has 42 heavy (non-hydrogen) atoms. The first-order valence-electron chi connectivity index (χ1n) is 13.0. The van der Waals surface area contributed by atoms with Crippen LogP contribution in [0.3, 0.4) is 0 Å². The summed E-state index contributed by atoms with van der Waals surface area (Å²) in [4.78, 5) is 32.2. The summed E-state index contributed by atoms with van der Waals surface area (Å²) in [6.07, 6.45) is 0.478. The minimum absolute atomic E-state index is 0.0723. The van der Waals surface area contributed by atoms with Crippen molar-refractivity contribution < 1.29 is 22.7 Å². The maximum Gasteiger partial charge on any atom is 0.416 e. The average Bonchev–Trinajstić information content (AvgIpc) is 2.96. The Labute approximate surface area is 241 Å². The van der Waals surface area contributed by atoms with Crippen molar-refractivity contribution >= 4 is 28.9 Å². The van der Waals surface area contributed by atoms with E-state index in [0.29, 0.717) is 35.0 Å². The van der Waals surface area contributed by atoms with E-state index in [1.54, 1.807) is 37.5 Å². The highest BCUT2D eigenvalue weighted by atomic mass is 19.4. The predicted octanol–water partition coefficient (Wildman–Crippen LogP) is 5.63. The van der Waals surface area contributed by atoms with E-state index in [0.717, 1.165) is 24.2 Å². The average molecular weight is 581 g/mol. The van der Waals surface area contributed by atoms with Gasteiger partial charge in [0.1, 0.15) is 30.0 Å². The zero-order valence-corrected chi connectivity index (χ0v) is 23.6. The lowest BCUT2D eigenvalue weighted by Gasteiger charge is -2.17. The maximum absolute atomic E-state index is 13.5. The van der Waals surface area contributed by atoms with Crippen molar-refractivity contribution in [2.45, 2.75) is 19.5 Å². The number of anilines is 4. The van der Waals surface area contributed by atoms with Gasteiger partial charge in [0, 0.05) is 37.1 Å². The standard InChI is InChI=1S/C29H31F3N8O2/c1-18-6-7-19(12-22(18)38-27-21(15-34-16-37-27)23-14-26(33-2)36-17-35-23)28(41)39-24-13-20(29(30,31)32)8-9-25(24)42-11-5-10-40(3)4/h6-9,12-17H,5,10-11H2,1-4H3,(H,39,41)(H,33,35,36)(H,34,37,38). The molecule has 3 N–H and O–H groups in total. The first-order valence-corrected chi connectivity index (χ1v) is 13.0. The van der Waals surface area contributed by atoms with Gasteiger partial charge in [-0.05, 0) is 63.3 Å². The number of nitrogens with zero attached hydrogens (tertiary/aromatic N) is 5. The third-order valence-corrected chi connectivity index (χ3v) is 6.23. The third-order valence-electron chi connectivity index (χ3n) is 6.23. The number of rotatable bonds is 11. The quantitative estimate of drug-likeness (QED) is 0.194. The van der Waals surface area contributed by atoms with Gasteiger partial charge in [-0.3, -0.25) is 4.79 Å². The van der Waals surface area contributed by atoms with Crippen LogP contribution in [0.2, 0.25) is 0 Å². The van der Waals surface area contributed by atoms with Gasteiger partial charge < -0.3 is 25.6 Å². The van der Waals surface area contributed by atoms with Crippen molar-refractivity contribution in [1.82, 2.24) is 24.8 Å². The summed E-state index contributed by atoms with van der Waals surface area (Å²) in [5.41, 5.74) is 1.80. The molecule has 0 saturated heterocycles. The molecule has 0 spiro atoms. The Morgan fingerprint density at radius 1 is 1.00 bits per heavy atom. The van der Waals surface area contributed by atoms with Gasteiger partial charge in [-0.15, -0.1) is 0 Å². The summed E-state index contributed by atoms with van der Waals surface area (Å²) in [6.45, 7) is 2.86. The minimum atomic E-state index is -4.59. The molecule has 4 aromatic rings. The number of nitrogens with one attached hydrogen (secondary N) is 3. The SMILES string of the molecule is CNc1cc(-c2cncnc2Nc2cc(C(=O)Nc3cc(C(F)(F)F)ccc3OCCCN(C)C)ccc2C)ncn1. The lowest BCUT2D eigenvalue weighted by molar-refractivity contribution is -0.137. The number of benzene rings is 2. The van der Waals surface area contributed by atoms with E-state index in [2.05, 4.69) is 35.9 Å². The Balaban J connectivity index is 1.59. The van der Waals surface area contributed by atoms with Gasteiger partial charge in [0.15, 0.2) is 0 Å². The number of aromatic nitrogens is 4. The van der Waals surface area contributed by atoms with Crippen molar-refractivity contribution in [2.24, 2.45) is 0 Å². The van der Waals surface area contributed by atoms with Crippen LogP contribution in [0.15, 0.2) is 61.3 Å². The summed E-state index contributed by atoms with van der Waals surface area (Å²) in [7, 11) is 5.57. The maximum atomic E-state index is 13.5. The molecule has 0 aliphatic heterocycles. The number of alkyl halides is 3. The summed E-state index contributed by atoms with van der Waals surface area (Å²) in [5, 5.41) is 8.79. The fourth-order valence-corrected chi connectivity index (χ4v) is 3.97. The van der Waals surface area contributed by atoms with Crippen molar-refractivity contribution in [3.63, 3.8) is 0 Å². The number of hydrogen-bond acceptors (Lipinski definition) is 9. The van der Waals surface area contributed by atoms with E-state index in [-0.39, 0.29) is 23.6 Å². The molecule has 220 valence electrons. The molecule has 0 aliphatic carbocycles. The molecule has 0 fully saturated rings. The zero-order valence-electron chi connectivity index (χ0n) is 23.6. The second kappa shape index (κ2) is 13.3. The van der Waals surface area contributed by atoms with Crippen LogP contribution in [0.4, 0.5) is 36.2 Å². The molecule has 2 heterocycles. The molecule has 0 saturated carbocycles. The molecule has 0 aliphatic rings. The van der Waals surface area contributed by atoms with Crippen LogP contribution in [0.25, 0.3) is 11.3 Å². The van der Waals surface area contributed by atoms with E-state index in [9.17, 15) is 18.0 Å². The van der Waals surface area contributed by atoms with Crippen LogP contribution < -0.4 is 20.7 Å². The summed E-state index contributed by atoms with van der Waals surface area (Å²) < 4.78 is 46.1. The van der Waals surface area contributed by atoms with Crippen LogP contribution in [0.5, 0.6) is 5.75 Å². The van der Waals surface area contributed by atoms with Crippen molar-refractivity contribution in [3.8, 4) is 17.0 Å². The third kappa shape index (κ3) is 7.69. The number of aryl methyl sites for hydroxylation is 1. The van der Waals surface area contributed by atoms with E-state index >= 15 is 0 Å². The Bertz CT molecular complexity index is 1550. The van der Waals surface area contributed by atoms with Crippen LogP contribution >= 0.6 is 0 Å². The Hall–Kier alpha value is -4.78. The highest BCUT2D eigenvalue weighted by Crippen LogP contribution is 2.36. The normalized spacial score (nSPS) is 11.3. The Morgan fingerprint density at radius 3 is 2.55 bits per heavy atom. The van der Waals surface area contributed by atoms with Crippen LogP contribution in [0, 0.1) is 6.92 Å². The molecule has 2 aromatic heterocycles. The topological polar surface area (TPSA) is 117 Å². The zero-order chi connectivity index (χ0) is 30.3. The van der Waals surface area contributed by atoms with E-state index in [4.69, 9.17) is 4.74 Å². The number of ether oxygens (including phenoxy) is 1. The van der Waals surface area contributed by atoms with Crippen molar-refractivity contribution in [3.05, 3.63) is 78.0 Å². The van der Waals surface area contributed by atoms with Crippen molar-refractivity contribution in [2.75, 3.05) is 50.2 Å². The lowest BCUT2D eigenvalue weighted by atomic mass is 10.1. The van der Waals surface area contributed by atoms with Gasteiger partial charge in [-0.25, -0.2) is 19.9 Å². The molecule has 0 unspecified atom stereocenters. The lowest BCUT2D eigenvalue weighted by Crippen LogP contribution is -2.17. The number of halogens is 3. The predicted molar refractivity (Wildman–Crippen MR) is 155 cm³/mol. The number of amides is 1. The molecule has 4 rings (SSSR count). The van der Waals surface area contributed by atoms with Gasteiger partial charge >= 0.3 is 6.18 Å². The smallest absolute Gasteiger partial charge is 0.416 e. The van der Waals surface area contributed by atoms with Crippen molar-refractivity contribution in [1.29, 1.82) is 0 Å². The van der Waals surface area contributed by atoms with Gasteiger partial charge in [0.2, 0.25) is 0 Å². The van der Waals surface area contributed by atoms with E-state index in [1.807, 2.05) is 25.9 Å². The highest BCUT2D eigenvalue weighted by molar-refractivity contribution is 6.06. The summed E-state index contributed by atoms with van der Waals surface area (Å²) >= 11 is 0. The Kier molecular flexibility index (Phi) is 9.53. The van der Waals surface area contributed by atoms with Gasteiger partial charge in [-0.2, -0.15) is 13.2 Å². The second-order valence-electron chi connectivity index (χ2n) is 9.65. The molecular formula is C29H31F3N8O2. The molecule has 0 radical (unpaired) electrons. The first-order chi connectivity index (χ1) is 20.0. The van der Waals surface area contributed by atoms with Gasteiger partial charge in [-0.1, -0.05) is 6.07 Å². The molecule has 0 atom stereocenters. The van der Waals surface area contributed by atoms with Crippen LogP contribution in [-0.2, 0) is 6.18 Å². The minimum Gasteiger partial charge on any atom is -0.491 e. The molecule has 1 amide bonds. The van der Waals surface area contributed by atoms with E-state index in [1.165, 1.54) is 18.7 Å². The fourth-order valence-electron chi connectivity index (χ4n) is 3.97. The number of carbonyl (C=O) groups excluding carboxylic acids is 1.